The molecule has 1 spiro atoms. The molecular formula is C33H35N5O6. The van der Waals surface area contributed by atoms with Crippen LogP contribution in [0.15, 0.2) is 67.0 Å². The number of nitrogens with two attached hydrogens (primary N) is 2. The second kappa shape index (κ2) is 11.0. The Kier molecular flexibility index (Phi) is 7.28. The van der Waals surface area contributed by atoms with Gasteiger partial charge in [-0.05, 0) is 92.5 Å². The molecule has 0 atom stereocenters. The first-order chi connectivity index (χ1) is 20.9. The zero-order valence-electron chi connectivity index (χ0n) is 24.6. The van der Waals surface area contributed by atoms with Crippen molar-refractivity contribution in [3.8, 4) is 22.6 Å². The predicted octanol–water partition coefficient (Wildman–Crippen LogP) is 3.47. The summed E-state index contributed by atoms with van der Waals surface area (Å²) in [5.74, 6) is -0.327. The Morgan fingerprint density at radius 3 is 2.45 bits per heavy atom. The number of aliphatic hydroxyl groups is 1. The third kappa shape index (κ3) is 5.96. The third-order valence-electron chi connectivity index (χ3n) is 8.36. The summed E-state index contributed by atoms with van der Waals surface area (Å²) in [6.45, 7) is 3.46. The van der Waals surface area contributed by atoms with Gasteiger partial charge in [0.15, 0.2) is 0 Å². The molecule has 0 bridgehead atoms. The molecule has 0 aliphatic heterocycles. The molecule has 11 heteroatoms. The van der Waals surface area contributed by atoms with E-state index in [1.54, 1.807) is 79.3 Å². The van der Waals surface area contributed by atoms with Crippen LogP contribution in [0, 0.1) is 5.41 Å². The number of hydrogen-bond donors (Lipinski definition) is 4. The van der Waals surface area contributed by atoms with Gasteiger partial charge in [0.1, 0.15) is 18.1 Å². The molecule has 0 saturated heterocycles. The second-order valence-corrected chi connectivity index (χ2v) is 12.6. The van der Waals surface area contributed by atoms with Crippen LogP contribution in [0.2, 0.25) is 0 Å². The monoisotopic (exact) mass is 597 g/mol. The van der Waals surface area contributed by atoms with Crippen LogP contribution >= 0.6 is 0 Å². The molecule has 6 N–H and O–H groups in total. The number of hydrogen-bond acceptors (Lipinski definition) is 7. The largest absolute Gasteiger partial charge is 0.490 e. The summed E-state index contributed by atoms with van der Waals surface area (Å²) in [6, 6.07) is 15.7. The van der Waals surface area contributed by atoms with Gasteiger partial charge in [0.2, 0.25) is 5.91 Å². The molecular weight excluding hydrogens is 562 g/mol. The van der Waals surface area contributed by atoms with Crippen LogP contribution in [0.1, 0.15) is 70.6 Å². The Hall–Kier alpha value is -4.90. The van der Waals surface area contributed by atoms with E-state index in [2.05, 4.69) is 10.4 Å². The van der Waals surface area contributed by atoms with E-state index < -0.39 is 17.4 Å². The maximum Gasteiger partial charge on any atom is 0.255 e. The van der Waals surface area contributed by atoms with E-state index in [1.165, 1.54) is 0 Å². The molecule has 4 aromatic rings. The number of fused-ring (bicyclic) bond motifs is 1. The molecule has 0 unspecified atom stereocenters. The zero-order chi connectivity index (χ0) is 31.2. The van der Waals surface area contributed by atoms with Gasteiger partial charge < -0.3 is 31.4 Å². The Labute approximate surface area is 254 Å². The summed E-state index contributed by atoms with van der Waals surface area (Å²) in [7, 11) is 0. The van der Waals surface area contributed by atoms with Crippen LogP contribution in [0.4, 0.5) is 0 Å². The van der Waals surface area contributed by atoms with Crippen molar-refractivity contribution >= 4 is 23.2 Å². The van der Waals surface area contributed by atoms with Crippen LogP contribution in [0.3, 0.4) is 0 Å². The average molecular weight is 598 g/mol. The van der Waals surface area contributed by atoms with Gasteiger partial charge in [-0.3, -0.25) is 14.4 Å². The first-order valence-corrected chi connectivity index (χ1v) is 14.5. The number of nitrogens with one attached hydrogen (secondary N) is 1. The summed E-state index contributed by atoms with van der Waals surface area (Å²) in [5.41, 5.74) is 13.6. The molecule has 2 aromatic carbocycles. The molecule has 2 aromatic heterocycles. The highest BCUT2D eigenvalue weighted by molar-refractivity contribution is 6.01. The standard InChI is InChI=1S/C33H35N5O6/c1-32(2,42)18-43-23-7-9-27-26(16-36-38(27)17-23)31(41)37-22-12-33(13-22)14-24(15-33)44-28-11-20(6-8-25(28)30(35)40)19-4-3-5-21(10-19)29(34)39/h3-11,16-17,22,24,42H,12-15,18H2,1-2H3,(H2,34,39)(H2,35,40)(H,37,41). The van der Waals surface area contributed by atoms with Crippen LogP contribution in [-0.4, -0.2) is 56.8 Å². The van der Waals surface area contributed by atoms with Crippen LogP contribution in [0.5, 0.6) is 11.5 Å². The summed E-state index contributed by atoms with van der Waals surface area (Å²) in [5, 5.41) is 17.3. The number of nitrogens with zero attached hydrogens (tertiary/aromatic N) is 2. The van der Waals surface area contributed by atoms with E-state index in [-0.39, 0.29) is 30.1 Å². The smallest absolute Gasteiger partial charge is 0.255 e. The van der Waals surface area contributed by atoms with E-state index in [0.29, 0.717) is 33.7 Å². The van der Waals surface area contributed by atoms with Gasteiger partial charge in [-0.15, -0.1) is 0 Å². The number of aromatic nitrogens is 2. The fraction of sp³-hybridized carbons (Fsp3) is 0.333. The van der Waals surface area contributed by atoms with Crippen LogP contribution < -0.4 is 26.3 Å². The van der Waals surface area contributed by atoms with Crippen molar-refractivity contribution in [1.82, 2.24) is 14.9 Å². The van der Waals surface area contributed by atoms with Crippen LogP contribution in [0.25, 0.3) is 16.6 Å². The minimum atomic E-state index is -0.963. The highest BCUT2D eigenvalue weighted by Crippen LogP contribution is 2.57. The Balaban J connectivity index is 1.05. The van der Waals surface area contributed by atoms with Crippen molar-refractivity contribution in [2.45, 2.75) is 57.3 Å². The highest BCUT2D eigenvalue weighted by atomic mass is 16.5. The number of carbonyl (C=O) groups excluding carboxylic acids is 3. The van der Waals surface area contributed by atoms with Crippen LogP contribution in [-0.2, 0) is 0 Å². The van der Waals surface area contributed by atoms with Crippen molar-refractivity contribution in [1.29, 1.82) is 0 Å². The fourth-order valence-electron chi connectivity index (χ4n) is 6.19. The van der Waals surface area contributed by atoms with E-state index in [4.69, 9.17) is 20.9 Å². The lowest BCUT2D eigenvalue weighted by Gasteiger charge is -2.57. The minimum absolute atomic E-state index is 0.0508. The molecule has 2 heterocycles. The predicted molar refractivity (Wildman–Crippen MR) is 162 cm³/mol. The minimum Gasteiger partial charge on any atom is -0.490 e. The number of benzene rings is 2. The number of amides is 3. The van der Waals surface area contributed by atoms with E-state index >= 15 is 0 Å². The normalized spacial score (nSPS) is 20.9. The van der Waals surface area contributed by atoms with Gasteiger partial charge in [-0.2, -0.15) is 5.10 Å². The van der Waals surface area contributed by atoms with Crippen molar-refractivity contribution in [3.05, 3.63) is 83.7 Å². The number of rotatable bonds is 10. The molecule has 3 amide bonds. The second-order valence-electron chi connectivity index (χ2n) is 12.6. The van der Waals surface area contributed by atoms with Gasteiger partial charge in [0.25, 0.3) is 11.8 Å². The summed E-state index contributed by atoms with van der Waals surface area (Å²) in [4.78, 5) is 36.8. The van der Waals surface area contributed by atoms with Gasteiger partial charge in [-0.25, -0.2) is 4.52 Å². The van der Waals surface area contributed by atoms with Crippen molar-refractivity contribution in [3.63, 3.8) is 0 Å². The molecule has 0 radical (unpaired) electrons. The number of pyridine rings is 1. The SMILES string of the molecule is CC(C)(O)COc1ccc2c(C(=O)NC3CC4(C3)CC(Oc3cc(-c5cccc(C(N)=O)c5)ccc3C(N)=O)C4)cnn2c1. The molecule has 2 aliphatic rings. The zero-order valence-corrected chi connectivity index (χ0v) is 24.6. The molecule has 228 valence electrons. The summed E-state index contributed by atoms with van der Waals surface area (Å²) >= 11 is 0. The average Bonchev–Trinajstić information content (AvgIpc) is 3.36. The lowest BCUT2D eigenvalue weighted by Crippen LogP contribution is -2.58. The molecule has 6 rings (SSSR count). The van der Waals surface area contributed by atoms with Crippen molar-refractivity contribution in [2.24, 2.45) is 16.9 Å². The topological polar surface area (TPSA) is 171 Å². The molecule has 44 heavy (non-hydrogen) atoms. The third-order valence-corrected chi connectivity index (χ3v) is 8.36. The summed E-state index contributed by atoms with van der Waals surface area (Å²) < 4.78 is 13.5. The lowest BCUT2D eigenvalue weighted by molar-refractivity contribution is -0.0834. The van der Waals surface area contributed by atoms with E-state index in [0.717, 1.165) is 36.8 Å². The van der Waals surface area contributed by atoms with E-state index in [9.17, 15) is 19.5 Å². The van der Waals surface area contributed by atoms with Crippen molar-refractivity contribution < 1.29 is 29.0 Å². The number of carbonyl (C=O) groups is 3. The molecule has 2 fully saturated rings. The van der Waals surface area contributed by atoms with Gasteiger partial charge in [0, 0.05) is 11.6 Å². The lowest BCUT2D eigenvalue weighted by atomic mass is 9.53. The van der Waals surface area contributed by atoms with Crippen molar-refractivity contribution in [2.75, 3.05) is 6.61 Å². The van der Waals surface area contributed by atoms with Gasteiger partial charge >= 0.3 is 0 Å². The molecule has 11 nitrogen and oxygen atoms in total. The Morgan fingerprint density at radius 2 is 1.75 bits per heavy atom. The maximum atomic E-state index is 13.1. The fourth-order valence-corrected chi connectivity index (χ4v) is 6.19. The first kappa shape index (κ1) is 29.2. The number of primary amides is 2. The molecule has 2 saturated carbocycles. The Morgan fingerprint density at radius 1 is 1.00 bits per heavy atom. The number of ether oxygens (including phenoxy) is 2. The first-order valence-electron chi connectivity index (χ1n) is 14.5. The van der Waals surface area contributed by atoms with Gasteiger partial charge in [0.05, 0.1) is 40.7 Å². The summed E-state index contributed by atoms with van der Waals surface area (Å²) in [6.07, 6.45) is 6.45. The Bertz CT molecular complexity index is 1760. The molecule has 2 aliphatic carbocycles. The maximum absolute atomic E-state index is 13.1. The van der Waals surface area contributed by atoms with Gasteiger partial charge in [-0.1, -0.05) is 18.2 Å². The quantitative estimate of drug-likeness (QED) is 0.217. The van der Waals surface area contributed by atoms with E-state index in [1.807, 2.05) is 6.07 Å². The highest BCUT2D eigenvalue weighted by Gasteiger charge is 2.54.